The molecule has 78 valence electrons. The first kappa shape index (κ1) is 11.6. The first-order valence-corrected chi connectivity index (χ1v) is 5.47. The zero-order chi connectivity index (χ0) is 10.9. The Kier molecular flexibility index (Phi) is 3.59. The van der Waals surface area contributed by atoms with E-state index in [0.29, 0.717) is 5.57 Å². The van der Waals surface area contributed by atoms with Gasteiger partial charge in [0.25, 0.3) is 0 Å². The summed E-state index contributed by atoms with van der Waals surface area (Å²) in [5, 5.41) is 15.0. The van der Waals surface area contributed by atoms with Crippen LogP contribution in [0.15, 0.2) is 11.4 Å². The van der Waals surface area contributed by atoms with Crippen molar-refractivity contribution in [3.63, 3.8) is 0 Å². The number of nitrogens with one attached hydrogen (secondary N) is 2. The molecule has 1 saturated carbocycles. The summed E-state index contributed by atoms with van der Waals surface area (Å²) >= 11 is 2.97. The van der Waals surface area contributed by atoms with Gasteiger partial charge in [-0.2, -0.15) is 0 Å². The molecular weight excluding hydrogens is 247 g/mol. The molecule has 1 aliphatic carbocycles. The van der Waals surface area contributed by atoms with E-state index in [1.807, 2.05) is 13.8 Å². The molecule has 0 aromatic heterocycles. The van der Waals surface area contributed by atoms with E-state index in [0.717, 1.165) is 12.8 Å². The Morgan fingerprint density at radius 1 is 1.36 bits per heavy atom. The van der Waals surface area contributed by atoms with Gasteiger partial charge in [-0.15, -0.1) is 0 Å². The summed E-state index contributed by atoms with van der Waals surface area (Å²) in [6.07, 6.45) is 1.82. The zero-order valence-corrected chi connectivity index (χ0v) is 9.91. The molecule has 1 aliphatic rings. The number of allylic oxidation sites excluding steroid dienone is 2. The lowest BCUT2D eigenvalue weighted by Gasteiger charge is -2.11. The number of rotatable bonds is 4. The van der Waals surface area contributed by atoms with Crippen LogP contribution in [0.5, 0.6) is 0 Å². The van der Waals surface area contributed by atoms with Gasteiger partial charge in [0.15, 0.2) is 0 Å². The van der Waals surface area contributed by atoms with Gasteiger partial charge in [-0.25, -0.2) is 4.39 Å². The normalized spacial score (nSPS) is 18.1. The Labute approximate surface area is 91.7 Å². The highest BCUT2D eigenvalue weighted by molar-refractivity contribution is 9.18. The quantitative estimate of drug-likeness (QED) is 0.725. The van der Waals surface area contributed by atoms with E-state index in [4.69, 9.17) is 10.8 Å². The van der Waals surface area contributed by atoms with Crippen molar-refractivity contribution in [1.29, 1.82) is 10.8 Å². The minimum Gasteiger partial charge on any atom is -0.302 e. The van der Waals surface area contributed by atoms with Crippen LogP contribution in [-0.4, -0.2) is 10.3 Å². The Morgan fingerprint density at radius 2 is 1.86 bits per heavy atom. The van der Waals surface area contributed by atoms with Gasteiger partial charge in [-0.3, -0.25) is 5.41 Å². The average Bonchev–Trinajstić information content (AvgIpc) is 2.83. The Morgan fingerprint density at radius 3 is 2.14 bits per heavy atom. The fraction of sp³-hybridized carbons (Fsp3) is 0.600. The van der Waals surface area contributed by atoms with Crippen LogP contribution in [0, 0.1) is 22.7 Å². The molecular formula is C10H14BrFN2. The maximum absolute atomic E-state index is 13.7. The summed E-state index contributed by atoms with van der Waals surface area (Å²) in [5.74, 6) is -0.485. The van der Waals surface area contributed by atoms with Gasteiger partial charge in [-0.05, 0) is 34.7 Å². The minimum atomic E-state index is -0.510. The van der Waals surface area contributed by atoms with Crippen molar-refractivity contribution in [3.05, 3.63) is 11.4 Å². The third kappa shape index (κ3) is 2.50. The molecule has 0 aromatic rings. The lowest BCUT2D eigenvalue weighted by atomic mass is 10.0. The van der Waals surface area contributed by atoms with Crippen LogP contribution >= 0.6 is 15.9 Å². The maximum atomic E-state index is 13.7. The van der Waals surface area contributed by atoms with E-state index in [9.17, 15) is 4.39 Å². The van der Waals surface area contributed by atoms with E-state index in [1.165, 1.54) is 0 Å². The summed E-state index contributed by atoms with van der Waals surface area (Å²) in [6.45, 7) is 3.65. The third-order valence-electron chi connectivity index (χ3n) is 2.27. The van der Waals surface area contributed by atoms with Crippen molar-refractivity contribution in [2.24, 2.45) is 11.8 Å². The molecule has 2 N–H and O–H groups in total. The fourth-order valence-electron chi connectivity index (χ4n) is 1.30. The fourth-order valence-corrected chi connectivity index (χ4v) is 1.93. The molecule has 0 atom stereocenters. The average molecular weight is 261 g/mol. The van der Waals surface area contributed by atoms with Crippen LogP contribution in [0.25, 0.3) is 0 Å². The van der Waals surface area contributed by atoms with Crippen LogP contribution in [0.3, 0.4) is 0 Å². The number of hydrogen-bond donors (Lipinski definition) is 2. The predicted molar refractivity (Wildman–Crippen MR) is 60.1 cm³/mol. The lowest BCUT2D eigenvalue weighted by Crippen LogP contribution is -2.10. The van der Waals surface area contributed by atoms with Crippen LogP contribution < -0.4 is 0 Å². The number of halogens is 2. The van der Waals surface area contributed by atoms with E-state index < -0.39 is 5.83 Å². The topological polar surface area (TPSA) is 47.7 Å². The summed E-state index contributed by atoms with van der Waals surface area (Å²) < 4.78 is 13.8. The van der Waals surface area contributed by atoms with Gasteiger partial charge in [0.1, 0.15) is 10.4 Å². The summed E-state index contributed by atoms with van der Waals surface area (Å²) in [5.41, 5.74) is 0.375. The maximum Gasteiger partial charge on any atom is 0.150 e. The second-order valence-electron chi connectivity index (χ2n) is 3.88. The third-order valence-corrected chi connectivity index (χ3v) is 2.70. The van der Waals surface area contributed by atoms with Crippen molar-refractivity contribution in [3.8, 4) is 0 Å². The Balaban J connectivity index is 2.95. The molecule has 0 aromatic carbocycles. The van der Waals surface area contributed by atoms with Crippen molar-refractivity contribution in [1.82, 2.24) is 0 Å². The van der Waals surface area contributed by atoms with Crippen molar-refractivity contribution in [2.45, 2.75) is 26.7 Å². The van der Waals surface area contributed by atoms with E-state index >= 15 is 0 Å². The highest BCUT2D eigenvalue weighted by atomic mass is 79.9. The van der Waals surface area contributed by atoms with E-state index in [-0.39, 0.29) is 22.2 Å². The highest BCUT2D eigenvalue weighted by Crippen LogP contribution is 2.35. The van der Waals surface area contributed by atoms with Gasteiger partial charge in [-0.1, -0.05) is 13.8 Å². The molecule has 0 spiro atoms. The van der Waals surface area contributed by atoms with Gasteiger partial charge in [0.2, 0.25) is 0 Å². The van der Waals surface area contributed by atoms with Gasteiger partial charge in [0, 0.05) is 11.5 Å². The summed E-state index contributed by atoms with van der Waals surface area (Å²) in [4.78, 5) is 0. The van der Waals surface area contributed by atoms with Crippen LogP contribution in [-0.2, 0) is 0 Å². The van der Waals surface area contributed by atoms with Gasteiger partial charge >= 0.3 is 0 Å². The molecule has 0 heterocycles. The highest BCUT2D eigenvalue weighted by Gasteiger charge is 2.31. The van der Waals surface area contributed by atoms with E-state index in [2.05, 4.69) is 15.9 Å². The molecule has 1 rings (SSSR count). The van der Waals surface area contributed by atoms with Crippen molar-refractivity contribution < 1.29 is 4.39 Å². The standard InChI is InChI=1S/C10H14BrFN2/c1-5(2)7(10(11)14)8(12)9(13)6-3-4-6/h5-6,13-14H,3-4H2,1-2H3/b8-7+,13-9?,14-10?. The predicted octanol–water partition coefficient (Wildman–Crippen LogP) is 3.67. The molecule has 1 fully saturated rings. The van der Waals surface area contributed by atoms with Gasteiger partial charge < -0.3 is 5.41 Å². The Bertz CT molecular complexity index is 303. The molecule has 0 radical (unpaired) electrons. The first-order chi connectivity index (χ1) is 6.45. The van der Waals surface area contributed by atoms with E-state index in [1.54, 1.807) is 0 Å². The Hall–Kier alpha value is -0.510. The molecule has 14 heavy (non-hydrogen) atoms. The minimum absolute atomic E-state index is 0.0513. The SMILES string of the molecule is CC(C)/C(C(=N)Br)=C(\F)C(=N)C1CC1. The van der Waals surface area contributed by atoms with Crippen molar-refractivity contribution in [2.75, 3.05) is 0 Å². The smallest absolute Gasteiger partial charge is 0.150 e. The molecule has 0 aliphatic heterocycles. The molecule has 0 bridgehead atoms. The molecule has 4 heteroatoms. The molecule has 2 nitrogen and oxygen atoms in total. The summed E-state index contributed by atoms with van der Waals surface area (Å²) in [6, 6.07) is 0. The van der Waals surface area contributed by atoms with Crippen LogP contribution in [0.1, 0.15) is 26.7 Å². The molecule has 0 saturated heterocycles. The van der Waals surface area contributed by atoms with Crippen molar-refractivity contribution >= 4 is 26.3 Å². The lowest BCUT2D eigenvalue weighted by molar-refractivity contribution is 0.640. The first-order valence-electron chi connectivity index (χ1n) is 4.68. The largest absolute Gasteiger partial charge is 0.302 e. The second kappa shape index (κ2) is 4.34. The monoisotopic (exact) mass is 260 g/mol. The molecule has 0 amide bonds. The molecule has 0 unspecified atom stereocenters. The van der Waals surface area contributed by atoms with Gasteiger partial charge in [0.05, 0.1) is 5.71 Å². The zero-order valence-electron chi connectivity index (χ0n) is 8.32. The second-order valence-corrected chi connectivity index (χ2v) is 4.68. The van der Waals surface area contributed by atoms with Crippen LogP contribution in [0.2, 0.25) is 0 Å². The number of hydrogen-bond acceptors (Lipinski definition) is 2. The van der Waals surface area contributed by atoms with Crippen LogP contribution in [0.4, 0.5) is 4.39 Å². The summed E-state index contributed by atoms with van der Waals surface area (Å²) in [7, 11) is 0.